The number of ether oxygens (including phenoxy) is 2. The quantitative estimate of drug-likeness (QED) is 0.158. The average molecular weight is 473 g/mol. The third-order valence-electron chi connectivity index (χ3n) is 5.01. The zero-order valence-corrected chi connectivity index (χ0v) is 19.1. The van der Waals surface area contributed by atoms with Gasteiger partial charge in [0.2, 0.25) is 0 Å². The lowest BCUT2D eigenvalue weighted by Crippen LogP contribution is -2.18. The van der Waals surface area contributed by atoms with Crippen molar-refractivity contribution in [3.8, 4) is 11.5 Å². The highest BCUT2D eigenvalue weighted by molar-refractivity contribution is 6.33. The first kappa shape index (κ1) is 23.0. The highest BCUT2D eigenvalue weighted by Crippen LogP contribution is 2.28. The first-order valence-electron chi connectivity index (χ1n) is 10.6. The van der Waals surface area contributed by atoms with Crippen LogP contribution in [-0.2, 0) is 0 Å². The molecule has 0 fully saturated rings. The van der Waals surface area contributed by atoms with Crippen molar-refractivity contribution < 1.29 is 19.1 Å². The predicted molar refractivity (Wildman–Crippen MR) is 133 cm³/mol. The molecule has 0 unspecified atom stereocenters. The maximum atomic E-state index is 12.8. The van der Waals surface area contributed by atoms with Gasteiger partial charge in [-0.2, -0.15) is 5.10 Å². The van der Waals surface area contributed by atoms with E-state index < -0.39 is 11.9 Å². The van der Waals surface area contributed by atoms with Crippen molar-refractivity contribution in [1.82, 2.24) is 5.43 Å². The maximum absolute atomic E-state index is 12.8. The van der Waals surface area contributed by atoms with Crippen LogP contribution >= 0.6 is 11.6 Å². The maximum Gasteiger partial charge on any atom is 0.343 e. The number of nitrogens with zero attached hydrogens (tertiary/aromatic N) is 1. The Morgan fingerprint density at radius 3 is 2.44 bits per heavy atom. The summed E-state index contributed by atoms with van der Waals surface area (Å²) in [7, 11) is 0. The Hall–Kier alpha value is -4.16. The number of carbonyl (C=O) groups is 2. The first-order chi connectivity index (χ1) is 16.6. The largest absolute Gasteiger partial charge is 0.494 e. The third kappa shape index (κ3) is 5.24. The molecule has 0 saturated carbocycles. The highest BCUT2D eigenvalue weighted by atomic mass is 35.5. The van der Waals surface area contributed by atoms with Crippen molar-refractivity contribution in [3.05, 3.63) is 107 Å². The number of hydrogen-bond acceptors (Lipinski definition) is 5. The molecular formula is C27H21ClN2O4. The lowest BCUT2D eigenvalue weighted by Gasteiger charge is -2.11. The first-order valence-corrected chi connectivity index (χ1v) is 11.0. The van der Waals surface area contributed by atoms with Crippen molar-refractivity contribution in [2.45, 2.75) is 6.92 Å². The number of nitrogens with one attached hydrogen (secondary N) is 1. The van der Waals surface area contributed by atoms with Gasteiger partial charge in [-0.3, -0.25) is 4.79 Å². The second kappa shape index (κ2) is 10.6. The van der Waals surface area contributed by atoms with Gasteiger partial charge in [0.1, 0.15) is 11.5 Å². The predicted octanol–water partition coefficient (Wildman–Crippen LogP) is 5.88. The van der Waals surface area contributed by atoms with Gasteiger partial charge in [0, 0.05) is 5.56 Å². The lowest BCUT2D eigenvalue weighted by atomic mass is 10.0. The number of rotatable bonds is 7. The number of hydrogen-bond donors (Lipinski definition) is 1. The van der Waals surface area contributed by atoms with E-state index in [0.717, 1.165) is 10.8 Å². The molecule has 4 rings (SSSR count). The number of fused-ring (bicyclic) bond motifs is 1. The Morgan fingerprint density at radius 1 is 0.941 bits per heavy atom. The molecule has 1 amide bonds. The molecule has 0 aliphatic carbocycles. The SMILES string of the molecule is CCOc1ccc(C(=O)Oc2ccc3ccccc3c2/C=N\NC(=O)c2ccccc2Cl)cc1. The normalized spacial score (nSPS) is 10.9. The lowest BCUT2D eigenvalue weighted by molar-refractivity contribution is 0.0734. The molecule has 0 atom stereocenters. The molecule has 6 nitrogen and oxygen atoms in total. The molecule has 0 spiro atoms. The molecule has 4 aromatic rings. The van der Waals surface area contributed by atoms with Gasteiger partial charge in [0.05, 0.1) is 29.0 Å². The molecule has 0 aliphatic rings. The fourth-order valence-corrected chi connectivity index (χ4v) is 3.59. The fourth-order valence-electron chi connectivity index (χ4n) is 3.37. The molecule has 0 heterocycles. The molecule has 0 aromatic heterocycles. The standard InChI is InChI=1S/C27H21ClN2O4/c1-2-33-20-14-11-19(12-15-20)27(32)34-25-16-13-18-7-3-4-8-21(18)23(25)17-29-30-26(31)22-9-5-6-10-24(22)28/h3-17H,2H2,1H3,(H,30,31)/b29-17-. The van der Waals surface area contributed by atoms with Crippen LogP contribution in [0, 0.1) is 0 Å². The van der Waals surface area contributed by atoms with Crippen molar-refractivity contribution in [3.63, 3.8) is 0 Å². The summed E-state index contributed by atoms with van der Waals surface area (Å²) in [5, 5.41) is 6.16. The zero-order chi connectivity index (χ0) is 23.9. The topological polar surface area (TPSA) is 77.0 Å². The van der Waals surface area contributed by atoms with Gasteiger partial charge < -0.3 is 9.47 Å². The number of halogens is 1. The van der Waals surface area contributed by atoms with E-state index in [9.17, 15) is 9.59 Å². The Morgan fingerprint density at radius 2 is 1.68 bits per heavy atom. The van der Waals surface area contributed by atoms with E-state index in [4.69, 9.17) is 21.1 Å². The van der Waals surface area contributed by atoms with E-state index in [0.29, 0.717) is 39.8 Å². The van der Waals surface area contributed by atoms with Gasteiger partial charge in [0.25, 0.3) is 5.91 Å². The number of hydrazone groups is 1. The zero-order valence-electron chi connectivity index (χ0n) is 18.3. The van der Waals surface area contributed by atoms with Crippen molar-refractivity contribution in [1.29, 1.82) is 0 Å². The number of benzene rings is 4. The summed E-state index contributed by atoms with van der Waals surface area (Å²) in [6.45, 7) is 2.43. The van der Waals surface area contributed by atoms with Gasteiger partial charge in [0.15, 0.2) is 0 Å². The molecule has 34 heavy (non-hydrogen) atoms. The van der Waals surface area contributed by atoms with Crippen LogP contribution in [-0.4, -0.2) is 24.7 Å². The molecule has 7 heteroatoms. The van der Waals surface area contributed by atoms with Crippen LogP contribution < -0.4 is 14.9 Å². The number of carbonyl (C=O) groups excluding carboxylic acids is 2. The van der Waals surface area contributed by atoms with E-state index >= 15 is 0 Å². The Labute approximate surface area is 201 Å². The van der Waals surface area contributed by atoms with E-state index in [1.54, 1.807) is 54.6 Å². The minimum absolute atomic E-state index is 0.307. The number of amides is 1. The Balaban J connectivity index is 1.60. The van der Waals surface area contributed by atoms with Crippen LogP contribution in [0.5, 0.6) is 11.5 Å². The van der Waals surface area contributed by atoms with E-state index in [1.807, 2.05) is 37.3 Å². The molecular weight excluding hydrogens is 452 g/mol. The van der Waals surface area contributed by atoms with Crippen molar-refractivity contribution in [2.24, 2.45) is 5.10 Å². The third-order valence-corrected chi connectivity index (χ3v) is 5.34. The van der Waals surface area contributed by atoms with Crippen molar-refractivity contribution >= 4 is 40.5 Å². The van der Waals surface area contributed by atoms with Gasteiger partial charge >= 0.3 is 5.97 Å². The van der Waals surface area contributed by atoms with Gasteiger partial charge in [-0.1, -0.05) is 54.1 Å². The minimum Gasteiger partial charge on any atom is -0.494 e. The molecule has 170 valence electrons. The van der Waals surface area contributed by atoms with E-state index in [2.05, 4.69) is 10.5 Å². The van der Waals surface area contributed by atoms with E-state index in [-0.39, 0.29) is 0 Å². The Kier molecular flexibility index (Phi) is 7.20. The second-order valence-corrected chi connectivity index (χ2v) is 7.63. The molecule has 0 aliphatic heterocycles. The Bertz CT molecular complexity index is 1370. The minimum atomic E-state index is -0.520. The van der Waals surface area contributed by atoms with Crippen LogP contribution in [0.25, 0.3) is 10.8 Å². The van der Waals surface area contributed by atoms with Crippen LogP contribution in [0.2, 0.25) is 5.02 Å². The summed E-state index contributed by atoms with van der Waals surface area (Å²) < 4.78 is 11.1. The fraction of sp³-hybridized carbons (Fsp3) is 0.0741. The van der Waals surface area contributed by atoms with Crippen LogP contribution in [0.15, 0.2) is 90.0 Å². The molecule has 0 radical (unpaired) electrons. The molecule has 4 aromatic carbocycles. The summed E-state index contributed by atoms with van der Waals surface area (Å²) in [5.41, 5.74) is 3.72. The van der Waals surface area contributed by atoms with Gasteiger partial charge in [-0.25, -0.2) is 10.2 Å². The summed E-state index contributed by atoms with van der Waals surface area (Å²) in [4.78, 5) is 25.2. The van der Waals surface area contributed by atoms with Crippen LogP contribution in [0.3, 0.4) is 0 Å². The van der Waals surface area contributed by atoms with Crippen LogP contribution in [0.4, 0.5) is 0 Å². The molecule has 0 bridgehead atoms. The van der Waals surface area contributed by atoms with E-state index in [1.165, 1.54) is 6.21 Å². The summed E-state index contributed by atoms with van der Waals surface area (Å²) in [5.74, 6) is 0.0169. The van der Waals surface area contributed by atoms with Crippen LogP contribution in [0.1, 0.15) is 33.2 Å². The molecule has 1 N–H and O–H groups in total. The average Bonchev–Trinajstić information content (AvgIpc) is 2.86. The number of esters is 1. The van der Waals surface area contributed by atoms with Gasteiger partial charge in [-0.05, 0) is 60.2 Å². The summed E-state index contributed by atoms with van der Waals surface area (Å²) in [6.07, 6.45) is 1.46. The summed E-state index contributed by atoms with van der Waals surface area (Å²) in [6, 6.07) is 24.6. The second-order valence-electron chi connectivity index (χ2n) is 7.22. The smallest absolute Gasteiger partial charge is 0.343 e. The molecule has 0 saturated heterocycles. The highest BCUT2D eigenvalue weighted by Gasteiger charge is 2.14. The van der Waals surface area contributed by atoms with Crippen molar-refractivity contribution in [2.75, 3.05) is 6.61 Å². The monoisotopic (exact) mass is 472 g/mol. The van der Waals surface area contributed by atoms with Gasteiger partial charge in [-0.15, -0.1) is 0 Å². The summed E-state index contributed by atoms with van der Waals surface area (Å²) >= 11 is 6.08.